The molecule has 0 saturated carbocycles. The molecule has 3 nitrogen and oxygen atoms in total. The van der Waals surface area contributed by atoms with E-state index >= 15 is 0 Å². The maximum absolute atomic E-state index is 5.88. The Morgan fingerprint density at radius 3 is 1.86 bits per heavy atom. The van der Waals surface area contributed by atoms with Gasteiger partial charge in [-0.2, -0.15) is 0 Å². The molecule has 0 saturated heterocycles. The summed E-state index contributed by atoms with van der Waals surface area (Å²) in [7, 11) is 0. The second-order valence-electron chi connectivity index (χ2n) is 5.40. The first-order valence-electron chi connectivity index (χ1n) is 7.34. The second kappa shape index (κ2) is 6.31. The number of pyridine rings is 1. The van der Waals surface area contributed by atoms with Crippen LogP contribution in [0.1, 0.15) is 22.6 Å². The number of hydrogen-bond acceptors (Lipinski definition) is 3. The third-order valence-electron chi connectivity index (χ3n) is 3.77. The second-order valence-corrected chi connectivity index (χ2v) is 5.40. The highest BCUT2D eigenvalue weighted by molar-refractivity contribution is 5.47. The molecule has 3 rings (SSSR count). The summed E-state index contributed by atoms with van der Waals surface area (Å²) in [6.07, 6.45) is 0.897. The van der Waals surface area contributed by atoms with Crippen molar-refractivity contribution in [2.75, 3.05) is 11.5 Å². The Balaban J connectivity index is 2.03. The van der Waals surface area contributed by atoms with Crippen molar-refractivity contribution in [2.45, 2.75) is 12.3 Å². The maximum Gasteiger partial charge on any atom is 0.126 e. The van der Waals surface area contributed by atoms with Gasteiger partial charge in [0.2, 0.25) is 0 Å². The van der Waals surface area contributed by atoms with Crippen molar-refractivity contribution >= 4 is 11.6 Å². The van der Waals surface area contributed by atoms with E-state index in [9.17, 15) is 0 Å². The van der Waals surface area contributed by atoms with Crippen LogP contribution in [0.2, 0.25) is 0 Å². The highest BCUT2D eigenvalue weighted by Crippen LogP contribution is 2.30. The minimum absolute atomic E-state index is 0.205. The van der Waals surface area contributed by atoms with Crippen molar-refractivity contribution in [3.05, 3.63) is 89.5 Å². The molecule has 0 aliphatic heterocycles. The summed E-state index contributed by atoms with van der Waals surface area (Å²) >= 11 is 0. The first kappa shape index (κ1) is 14.1. The fraction of sp³-hybridized carbons (Fsp3) is 0.105. The number of hydrogen-bond donors (Lipinski definition) is 2. The van der Waals surface area contributed by atoms with Crippen molar-refractivity contribution in [2.24, 2.45) is 0 Å². The number of nitrogens with zero attached hydrogens (tertiary/aromatic N) is 1. The molecule has 22 heavy (non-hydrogen) atoms. The van der Waals surface area contributed by atoms with Crippen LogP contribution in [0.4, 0.5) is 11.6 Å². The van der Waals surface area contributed by atoms with E-state index in [0.29, 0.717) is 11.6 Å². The summed E-state index contributed by atoms with van der Waals surface area (Å²) in [6.45, 7) is 0. The lowest BCUT2D eigenvalue weighted by molar-refractivity contribution is 0.804. The number of aromatic nitrogens is 1. The third-order valence-corrected chi connectivity index (χ3v) is 3.77. The fourth-order valence-corrected chi connectivity index (χ4v) is 2.76. The SMILES string of the molecule is Nc1cc(C(Cc2ccccc2)c2ccccc2)cc(N)n1. The average Bonchev–Trinajstić information content (AvgIpc) is 2.53. The fourth-order valence-electron chi connectivity index (χ4n) is 2.76. The van der Waals surface area contributed by atoms with Crippen LogP contribution in [-0.4, -0.2) is 4.98 Å². The van der Waals surface area contributed by atoms with Gasteiger partial charge in [-0.05, 0) is 35.2 Å². The molecule has 0 radical (unpaired) electrons. The lowest BCUT2D eigenvalue weighted by Crippen LogP contribution is -2.08. The van der Waals surface area contributed by atoms with E-state index in [-0.39, 0.29) is 5.92 Å². The molecule has 4 N–H and O–H groups in total. The molecule has 0 aliphatic rings. The van der Waals surface area contributed by atoms with Crippen LogP contribution in [0, 0.1) is 0 Å². The Labute approximate surface area is 130 Å². The summed E-state index contributed by atoms with van der Waals surface area (Å²) in [5.74, 6) is 1.13. The summed E-state index contributed by atoms with van der Waals surface area (Å²) in [6, 6.07) is 24.7. The number of nitrogens with two attached hydrogens (primary N) is 2. The molecule has 0 aliphatic carbocycles. The zero-order valence-corrected chi connectivity index (χ0v) is 12.3. The molecule has 110 valence electrons. The monoisotopic (exact) mass is 289 g/mol. The molecule has 1 aromatic heterocycles. The van der Waals surface area contributed by atoms with Gasteiger partial charge in [0.1, 0.15) is 11.6 Å². The van der Waals surface area contributed by atoms with Gasteiger partial charge in [0.25, 0.3) is 0 Å². The standard InChI is InChI=1S/C19H19N3/c20-18-12-16(13-19(21)22-18)17(15-9-5-2-6-10-15)11-14-7-3-1-4-8-14/h1-10,12-13,17H,11H2,(H4,20,21,22). The van der Waals surface area contributed by atoms with Crippen molar-refractivity contribution in [3.63, 3.8) is 0 Å². The topological polar surface area (TPSA) is 64.9 Å². The van der Waals surface area contributed by atoms with Gasteiger partial charge in [0.05, 0.1) is 0 Å². The quantitative estimate of drug-likeness (QED) is 0.771. The Bertz CT molecular complexity index is 719. The highest BCUT2D eigenvalue weighted by atomic mass is 14.9. The van der Waals surface area contributed by atoms with Crippen LogP contribution in [0.15, 0.2) is 72.8 Å². The van der Waals surface area contributed by atoms with Crippen LogP contribution in [0.5, 0.6) is 0 Å². The first-order valence-corrected chi connectivity index (χ1v) is 7.34. The van der Waals surface area contributed by atoms with E-state index in [1.807, 2.05) is 24.3 Å². The van der Waals surface area contributed by atoms with E-state index in [1.54, 1.807) is 0 Å². The van der Waals surface area contributed by atoms with Crippen LogP contribution in [-0.2, 0) is 6.42 Å². The van der Waals surface area contributed by atoms with Gasteiger partial charge in [-0.1, -0.05) is 60.7 Å². The Morgan fingerprint density at radius 2 is 1.27 bits per heavy atom. The predicted octanol–water partition coefficient (Wildman–Crippen LogP) is 3.62. The number of benzene rings is 2. The lowest BCUT2D eigenvalue weighted by atomic mass is 9.86. The average molecular weight is 289 g/mol. The van der Waals surface area contributed by atoms with Gasteiger partial charge in [-0.3, -0.25) is 0 Å². The normalized spacial score (nSPS) is 12.0. The van der Waals surface area contributed by atoms with Gasteiger partial charge in [-0.15, -0.1) is 0 Å². The Morgan fingerprint density at radius 1 is 0.727 bits per heavy atom. The third kappa shape index (κ3) is 3.26. The Kier molecular flexibility index (Phi) is 4.05. The molecule has 1 unspecified atom stereocenters. The molecule has 1 atom stereocenters. The molecule has 0 spiro atoms. The van der Waals surface area contributed by atoms with E-state index < -0.39 is 0 Å². The van der Waals surface area contributed by atoms with Crippen LogP contribution in [0.25, 0.3) is 0 Å². The summed E-state index contributed by atoms with van der Waals surface area (Å²) in [5, 5.41) is 0. The summed E-state index contributed by atoms with van der Waals surface area (Å²) in [4.78, 5) is 4.07. The summed E-state index contributed by atoms with van der Waals surface area (Å²) in [5.41, 5.74) is 15.4. The molecule has 2 aromatic carbocycles. The summed E-state index contributed by atoms with van der Waals surface area (Å²) < 4.78 is 0. The van der Waals surface area contributed by atoms with E-state index in [1.165, 1.54) is 11.1 Å². The zero-order chi connectivity index (χ0) is 15.4. The number of anilines is 2. The van der Waals surface area contributed by atoms with Crippen molar-refractivity contribution < 1.29 is 0 Å². The smallest absolute Gasteiger partial charge is 0.126 e. The minimum atomic E-state index is 0.205. The molecular weight excluding hydrogens is 270 g/mol. The maximum atomic E-state index is 5.88. The van der Waals surface area contributed by atoms with Crippen LogP contribution >= 0.6 is 0 Å². The van der Waals surface area contributed by atoms with Crippen LogP contribution in [0.3, 0.4) is 0 Å². The van der Waals surface area contributed by atoms with Gasteiger partial charge >= 0.3 is 0 Å². The van der Waals surface area contributed by atoms with E-state index in [2.05, 4.69) is 53.5 Å². The Hall–Kier alpha value is -2.81. The van der Waals surface area contributed by atoms with Gasteiger partial charge in [0.15, 0.2) is 0 Å². The van der Waals surface area contributed by atoms with E-state index in [0.717, 1.165) is 12.0 Å². The van der Waals surface area contributed by atoms with Crippen molar-refractivity contribution in [1.82, 2.24) is 4.98 Å². The number of rotatable bonds is 4. The van der Waals surface area contributed by atoms with Crippen molar-refractivity contribution in [1.29, 1.82) is 0 Å². The highest BCUT2D eigenvalue weighted by Gasteiger charge is 2.16. The molecule has 0 bridgehead atoms. The molecule has 3 aromatic rings. The first-order chi connectivity index (χ1) is 10.7. The van der Waals surface area contributed by atoms with Gasteiger partial charge in [0, 0.05) is 5.92 Å². The van der Waals surface area contributed by atoms with Gasteiger partial charge < -0.3 is 11.5 Å². The number of nitrogen functional groups attached to an aromatic ring is 2. The lowest BCUT2D eigenvalue weighted by Gasteiger charge is -2.19. The molecular formula is C19H19N3. The minimum Gasteiger partial charge on any atom is -0.384 e. The predicted molar refractivity (Wildman–Crippen MR) is 91.5 cm³/mol. The molecule has 0 fully saturated rings. The van der Waals surface area contributed by atoms with Crippen LogP contribution < -0.4 is 11.5 Å². The van der Waals surface area contributed by atoms with E-state index in [4.69, 9.17) is 11.5 Å². The molecule has 1 heterocycles. The molecule has 0 amide bonds. The molecule has 3 heteroatoms. The zero-order valence-electron chi connectivity index (χ0n) is 12.3. The van der Waals surface area contributed by atoms with Gasteiger partial charge in [-0.25, -0.2) is 4.98 Å². The largest absolute Gasteiger partial charge is 0.384 e. The van der Waals surface area contributed by atoms with Crippen molar-refractivity contribution in [3.8, 4) is 0 Å².